The monoisotopic (exact) mass is 256 g/mol. The lowest BCUT2D eigenvalue weighted by atomic mass is 10.3. The molecule has 1 fully saturated rings. The van der Waals surface area contributed by atoms with Crippen molar-refractivity contribution in [3.8, 4) is 0 Å². The molecule has 1 aromatic rings. The molecule has 0 bridgehead atoms. The molecule has 2 heterocycles. The molecule has 1 aromatic heterocycles. The summed E-state index contributed by atoms with van der Waals surface area (Å²) in [7, 11) is 1.61. The average molecular weight is 256 g/mol. The van der Waals surface area contributed by atoms with Crippen LogP contribution in [0.2, 0.25) is 0 Å². The van der Waals surface area contributed by atoms with E-state index in [1.165, 1.54) is 11.3 Å². The highest BCUT2D eigenvalue weighted by molar-refractivity contribution is 7.13. The van der Waals surface area contributed by atoms with E-state index in [9.17, 15) is 9.90 Å². The Balaban J connectivity index is 2.13. The number of aliphatic hydroxyl groups is 1. The number of β-amino-alcohol motifs (C(OH)–C–C–N with tert-alkyl or cyclic N) is 1. The van der Waals surface area contributed by atoms with Crippen LogP contribution in [0.4, 0.5) is 0 Å². The summed E-state index contributed by atoms with van der Waals surface area (Å²) in [5.74, 6) is -0.0288. The van der Waals surface area contributed by atoms with Crippen molar-refractivity contribution in [1.29, 1.82) is 0 Å². The third kappa shape index (κ3) is 2.65. The van der Waals surface area contributed by atoms with Crippen LogP contribution in [0, 0.1) is 6.92 Å². The fourth-order valence-corrected chi connectivity index (χ4v) is 2.91. The van der Waals surface area contributed by atoms with E-state index in [1.54, 1.807) is 12.0 Å². The smallest absolute Gasteiger partial charge is 0.265 e. The Morgan fingerprint density at radius 3 is 3.06 bits per heavy atom. The SMILES string of the molecule is COCc1nc(C)c(C(=O)N2CC[C@@H](O)C2)s1. The van der Waals surface area contributed by atoms with E-state index in [1.807, 2.05) is 6.92 Å². The minimum atomic E-state index is -0.384. The molecule has 0 saturated carbocycles. The Labute approximate surface area is 104 Å². The number of carbonyl (C=O) groups is 1. The van der Waals surface area contributed by atoms with Crippen molar-refractivity contribution in [2.75, 3.05) is 20.2 Å². The van der Waals surface area contributed by atoms with Gasteiger partial charge in [0.2, 0.25) is 0 Å². The zero-order chi connectivity index (χ0) is 12.4. The third-order valence-corrected chi connectivity index (χ3v) is 3.87. The lowest BCUT2D eigenvalue weighted by Crippen LogP contribution is -2.29. The molecule has 1 aliphatic rings. The van der Waals surface area contributed by atoms with Gasteiger partial charge in [-0.15, -0.1) is 11.3 Å². The summed E-state index contributed by atoms with van der Waals surface area (Å²) >= 11 is 1.37. The minimum Gasteiger partial charge on any atom is -0.391 e. The van der Waals surface area contributed by atoms with Crippen LogP contribution >= 0.6 is 11.3 Å². The number of amides is 1. The van der Waals surface area contributed by atoms with E-state index in [4.69, 9.17) is 4.74 Å². The van der Waals surface area contributed by atoms with E-state index < -0.39 is 0 Å². The highest BCUT2D eigenvalue weighted by atomic mass is 32.1. The Kier molecular flexibility index (Phi) is 3.76. The van der Waals surface area contributed by atoms with Crippen LogP contribution in [0.1, 0.15) is 26.8 Å². The van der Waals surface area contributed by atoms with Crippen LogP contribution in [0.3, 0.4) is 0 Å². The number of likely N-dealkylation sites (tertiary alicyclic amines) is 1. The van der Waals surface area contributed by atoms with Crippen molar-refractivity contribution in [3.05, 3.63) is 15.6 Å². The molecule has 0 spiro atoms. The second kappa shape index (κ2) is 5.12. The highest BCUT2D eigenvalue weighted by Gasteiger charge is 2.27. The van der Waals surface area contributed by atoms with Crippen LogP contribution in [0.15, 0.2) is 0 Å². The van der Waals surface area contributed by atoms with Crippen LogP contribution < -0.4 is 0 Å². The number of aryl methyl sites for hydroxylation is 1. The molecule has 0 aromatic carbocycles. The van der Waals surface area contributed by atoms with Crippen molar-refractivity contribution in [2.45, 2.75) is 26.1 Å². The topological polar surface area (TPSA) is 62.7 Å². The number of hydrogen-bond donors (Lipinski definition) is 1. The van der Waals surface area contributed by atoms with Gasteiger partial charge in [0.1, 0.15) is 9.88 Å². The molecule has 1 atom stereocenters. The summed E-state index contributed by atoms with van der Waals surface area (Å²) < 4.78 is 5.00. The van der Waals surface area contributed by atoms with Crippen LogP contribution in [0.25, 0.3) is 0 Å². The van der Waals surface area contributed by atoms with Gasteiger partial charge in [-0.1, -0.05) is 0 Å². The summed E-state index contributed by atoms with van der Waals surface area (Å²) in [6.07, 6.45) is 0.278. The lowest BCUT2D eigenvalue weighted by Gasteiger charge is -2.14. The predicted molar refractivity (Wildman–Crippen MR) is 64.1 cm³/mol. The van der Waals surface area contributed by atoms with Crippen LogP contribution in [-0.2, 0) is 11.3 Å². The van der Waals surface area contributed by atoms with Crippen molar-refractivity contribution in [1.82, 2.24) is 9.88 Å². The van der Waals surface area contributed by atoms with Crippen LogP contribution in [-0.4, -0.2) is 47.2 Å². The van der Waals surface area contributed by atoms with Gasteiger partial charge in [-0.05, 0) is 13.3 Å². The first kappa shape index (κ1) is 12.5. The predicted octanol–water partition coefficient (Wildman–Crippen LogP) is 0.805. The quantitative estimate of drug-likeness (QED) is 0.869. The Hall–Kier alpha value is -0.980. The molecule has 1 N–H and O–H groups in total. The van der Waals surface area contributed by atoms with Gasteiger partial charge >= 0.3 is 0 Å². The number of aliphatic hydroxyl groups excluding tert-OH is 1. The molecule has 0 aliphatic carbocycles. The third-order valence-electron chi connectivity index (χ3n) is 2.75. The molecule has 17 heavy (non-hydrogen) atoms. The fraction of sp³-hybridized carbons (Fsp3) is 0.636. The van der Waals surface area contributed by atoms with E-state index in [0.29, 0.717) is 31.0 Å². The molecular formula is C11H16N2O3S. The summed E-state index contributed by atoms with van der Waals surface area (Å²) in [6, 6.07) is 0. The number of rotatable bonds is 3. The second-order valence-corrected chi connectivity index (χ2v) is 5.23. The zero-order valence-electron chi connectivity index (χ0n) is 9.97. The molecule has 1 saturated heterocycles. The summed E-state index contributed by atoms with van der Waals surface area (Å²) in [6.45, 7) is 3.31. The normalized spacial score (nSPS) is 19.9. The van der Waals surface area contributed by atoms with E-state index >= 15 is 0 Å². The van der Waals surface area contributed by atoms with E-state index in [0.717, 1.165) is 10.7 Å². The summed E-state index contributed by atoms with van der Waals surface area (Å²) in [5.41, 5.74) is 0.744. The lowest BCUT2D eigenvalue weighted by molar-refractivity contribution is 0.0769. The molecule has 94 valence electrons. The number of ether oxygens (including phenoxy) is 1. The molecule has 1 aliphatic heterocycles. The number of methoxy groups -OCH3 is 1. The number of aromatic nitrogens is 1. The van der Waals surface area contributed by atoms with Gasteiger partial charge in [-0.2, -0.15) is 0 Å². The van der Waals surface area contributed by atoms with E-state index in [2.05, 4.69) is 4.98 Å². The maximum absolute atomic E-state index is 12.2. The van der Waals surface area contributed by atoms with Crippen molar-refractivity contribution >= 4 is 17.2 Å². The van der Waals surface area contributed by atoms with Gasteiger partial charge in [0.25, 0.3) is 5.91 Å². The minimum absolute atomic E-state index is 0.0288. The molecule has 6 heteroatoms. The first-order valence-corrected chi connectivity index (χ1v) is 6.36. The Morgan fingerprint density at radius 1 is 1.71 bits per heavy atom. The second-order valence-electron chi connectivity index (χ2n) is 4.15. The standard InChI is InChI=1S/C11H16N2O3S/c1-7-10(17-9(12-7)6-16-2)11(15)13-4-3-8(14)5-13/h8,14H,3-6H2,1-2H3/t8-/m1/s1. The Morgan fingerprint density at radius 2 is 2.47 bits per heavy atom. The van der Waals surface area contributed by atoms with Gasteiger partial charge in [-0.25, -0.2) is 4.98 Å². The summed E-state index contributed by atoms with van der Waals surface area (Å²) in [4.78, 5) is 18.8. The van der Waals surface area contributed by atoms with Gasteiger partial charge < -0.3 is 14.7 Å². The zero-order valence-corrected chi connectivity index (χ0v) is 10.8. The molecule has 0 unspecified atom stereocenters. The fourth-order valence-electron chi connectivity index (χ4n) is 1.91. The number of nitrogens with zero attached hydrogens (tertiary/aromatic N) is 2. The highest BCUT2D eigenvalue weighted by Crippen LogP contribution is 2.22. The molecular weight excluding hydrogens is 240 g/mol. The van der Waals surface area contributed by atoms with Gasteiger partial charge in [0.15, 0.2) is 0 Å². The first-order valence-electron chi connectivity index (χ1n) is 5.54. The molecule has 5 nitrogen and oxygen atoms in total. The van der Waals surface area contributed by atoms with Crippen LogP contribution in [0.5, 0.6) is 0 Å². The van der Waals surface area contributed by atoms with Gasteiger partial charge in [-0.3, -0.25) is 4.79 Å². The molecule has 0 radical (unpaired) electrons. The number of carbonyl (C=O) groups excluding carboxylic acids is 1. The number of thiazole rings is 1. The van der Waals surface area contributed by atoms with Crippen molar-refractivity contribution in [2.24, 2.45) is 0 Å². The van der Waals surface area contributed by atoms with Crippen molar-refractivity contribution in [3.63, 3.8) is 0 Å². The molecule has 1 amide bonds. The Bertz CT molecular complexity index is 419. The largest absolute Gasteiger partial charge is 0.391 e. The van der Waals surface area contributed by atoms with E-state index in [-0.39, 0.29) is 12.0 Å². The average Bonchev–Trinajstić information content (AvgIpc) is 2.85. The maximum atomic E-state index is 12.2. The number of hydrogen-bond acceptors (Lipinski definition) is 5. The van der Waals surface area contributed by atoms with Crippen molar-refractivity contribution < 1.29 is 14.6 Å². The molecule has 2 rings (SSSR count). The summed E-state index contributed by atoms with van der Waals surface area (Å²) in [5, 5.41) is 10.2. The maximum Gasteiger partial charge on any atom is 0.265 e. The van der Waals surface area contributed by atoms with Gasteiger partial charge in [0, 0.05) is 20.2 Å². The first-order chi connectivity index (χ1) is 8.11. The van der Waals surface area contributed by atoms with Gasteiger partial charge in [0.05, 0.1) is 18.4 Å².